The number of carbonyl (C=O) groups excluding carboxylic acids is 2. The van der Waals surface area contributed by atoms with Crippen LogP contribution in [0.3, 0.4) is 0 Å². The Morgan fingerprint density at radius 2 is 1.80 bits per heavy atom. The lowest BCUT2D eigenvalue weighted by Crippen LogP contribution is -2.43. The number of halogens is 2. The Kier molecular flexibility index (Phi) is 5.24. The topological polar surface area (TPSA) is 55.8 Å². The van der Waals surface area contributed by atoms with Crippen LogP contribution in [0.25, 0.3) is 5.57 Å². The van der Waals surface area contributed by atoms with Crippen molar-refractivity contribution >= 4 is 40.7 Å². The summed E-state index contributed by atoms with van der Waals surface area (Å²) < 4.78 is 5.65. The highest BCUT2D eigenvalue weighted by molar-refractivity contribution is 6.37. The highest BCUT2D eigenvalue weighted by Crippen LogP contribution is 2.43. The molecule has 0 unspecified atom stereocenters. The van der Waals surface area contributed by atoms with Crippen molar-refractivity contribution < 1.29 is 19.2 Å². The van der Waals surface area contributed by atoms with E-state index in [0.29, 0.717) is 10.6 Å². The summed E-state index contributed by atoms with van der Waals surface area (Å²) in [6, 6.07) is 4.77. The van der Waals surface area contributed by atoms with Gasteiger partial charge in [-0.2, -0.15) is 0 Å². The zero-order valence-corrected chi connectivity index (χ0v) is 16.6. The van der Waals surface area contributed by atoms with Crippen molar-refractivity contribution in [1.82, 2.24) is 5.06 Å². The van der Waals surface area contributed by atoms with Crippen molar-refractivity contribution in [2.75, 3.05) is 7.11 Å². The maximum atomic E-state index is 12.9. The summed E-state index contributed by atoms with van der Waals surface area (Å²) in [4.78, 5) is 30.6. The van der Waals surface area contributed by atoms with Crippen LogP contribution in [0.4, 0.5) is 0 Å². The summed E-state index contributed by atoms with van der Waals surface area (Å²) in [5, 5.41) is 1.89. The Bertz CT molecular complexity index is 763. The van der Waals surface area contributed by atoms with Gasteiger partial charge >= 0.3 is 5.97 Å². The first-order valence-electron chi connectivity index (χ1n) is 7.72. The summed E-state index contributed by atoms with van der Waals surface area (Å²) >= 11 is 12.2. The van der Waals surface area contributed by atoms with E-state index < -0.39 is 22.8 Å². The molecule has 0 aliphatic carbocycles. The Morgan fingerprint density at radius 3 is 2.28 bits per heavy atom. The fraction of sp³-hybridized carbons (Fsp3) is 0.444. The van der Waals surface area contributed by atoms with E-state index in [4.69, 9.17) is 32.8 Å². The van der Waals surface area contributed by atoms with E-state index in [-0.39, 0.29) is 16.4 Å². The predicted molar refractivity (Wildman–Crippen MR) is 96.9 cm³/mol. The number of hydrogen-bond acceptors (Lipinski definition) is 4. The molecule has 0 bridgehead atoms. The lowest BCUT2D eigenvalue weighted by molar-refractivity contribution is -0.192. The third-order valence-electron chi connectivity index (χ3n) is 3.88. The van der Waals surface area contributed by atoms with E-state index in [1.165, 1.54) is 18.2 Å². The van der Waals surface area contributed by atoms with Crippen LogP contribution in [-0.2, 0) is 19.2 Å². The first-order valence-corrected chi connectivity index (χ1v) is 8.48. The average Bonchev–Trinajstić information content (AvgIpc) is 2.65. The molecule has 1 aliphatic heterocycles. The van der Waals surface area contributed by atoms with Gasteiger partial charge in [0.15, 0.2) is 0 Å². The molecular weight excluding hydrogens is 365 g/mol. The molecule has 2 rings (SSSR count). The second kappa shape index (κ2) is 6.63. The molecule has 5 nitrogen and oxygen atoms in total. The van der Waals surface area contributed by atoms with E-state index in [9.17, 15) is 9.59 Å². The number of benzene rings is 1. The maximum Gasteiger partial charge on any atom is 0.316 e. The fourth-order valence-electron chi connectivity index (χ4n) is 2.51. The molecule has 0 radical (unpaired) electrons. The third-order valence-corrected chi connectivity index (χ3v) is 4.43. The van der Waals surface area contributed by atoms with Crippen molar-refractivity contribution in [3.8, 4) is 0 Å². The van der Waals surface area contributed by atoms with Crippen LogP contribution < -0.4 is 0 Å². The van der Waals surface area contributed by atoms with Crippen molar-refractivity contribution in [2.45, 2.75) is 40.2 Å². The first kappa shape index (κ1) is 19.8. The predicted octanol–water partition coefficient (Wildman–Crippen LogP) is 4.48. The third kappa shape index (κ3) is 3.54. The minimum Gasteiger partial charge on any atom is -0.427 e. The molecule has 1 aromatic rings. The molecular formula is C18H21Cl2NO4. The lowest BCUT2D eigenvalue weighted by Gasteiger charge is -2.31. The van der Waals surface area contributed by atoms with Gasteiger partial charge in [0.2, 0.25) is 0 Å². The number of nitrogens with zero attached hydrogens (tertiary/aromatic N) is 1. The Balaban J connectivity index is 2.67. The minimum absolute atomic E-state index is 0.186. The minimum atomic E-state index is -0.981. The van der Waals surface area contributed by atoms with Gasteiger partial charge in [-0.05, 0) is 46.8 Å². The van der Waals surface area contributed by atoms with E-state index in [2.05, 4.69) is 0 Å². The van der Waals surface area contributed by atoms with Crippen molar-refractivity contribution in [2.24, 2.45) is 5.41 Å². The molecule has 1 aromatic carbocycles. The zero-order valence-electron chi connectivity index (χ0n) is 15.1. The molecule has 0 atom stereocenters. The number of rotatable bonds is 3. The second-order valence-electron chi connectivity index (χ2n) is 7.31. The Morgan fingerprint density at radius 1 is 1.20 bits per heavy atom. The standard InChI is InChI=1S/C18H21Cl2NO4/c1-17(2,3)16(23)25-14-13(11-8-7-10(19)9-12(11)20)15(22)21(24-6)18(14,4)5/h7-9H,1-6H3. The van der Waals surface area contributed by atoms with Gasteiger partial charge in [-0.1, -0.05) is 29.3 Å². The smallest absolute Gasteiger partial charge is 0.316 e. The van der Waals surface area contributed by atoms with E-state index >= 15 is 0 Å². The lowest BCUT2D eigenvalue weighted by atomic mass is 9.95. The van der Waals surface area contributed by atoms with Crippen LogP contribution >= 0.6 is 23.2 Å². The monoisotopic (exact) mass is 385 g/mol. The van der Waals surface area contributed by atoms with Crippen LogP contribution in [0, 0.1) is 5.41 Å². The molecule has 136 valence electrons. The highest BCUT2D eigenvalue weighted by Gasteiger charge is 2.50. The Hall–Kier alpha value is -1.56. The molecule has 0 fully saturated rings. The molecule has 0 spiro atoms. The number of hydrogen-bond donors (Lipinski definition) is 0. The molecule has 0 saturated heterocycles. The van der Waals surface area contributed by atoms with E-state index in [0.717, 1.165) is 0 Å². The number of hydroxylamine groups is 2. The zero-order chi connectivity index (χ0) is 19.2. The molecule has 1 amide bonds. The van der Waals surface area contributed by atoms with Crippen LogP contribution in [0.2, 0.25) is 10.0 Å². The summed E-state index contributed by atoms with van der Waals surface area (Å²) in [5.74, 6) is -0.694. The molecule has 25 heavy (non-hydrogen) atoms. The van der Waals surface area contributed by atoms with Gasteiger partial charge in [0.05, 0.1) is 23.1 Å². The van der Waals surface area contributed by atoms with Gasteiger partial charge in [0.25, 0.3) is 5.91 Å². The van der Waals surface area contributed by atoms with Crippen LogP contribution in [-0.4, -0.2) is 29.6 Å². The molecule has 7 heteroatoms. The molecule has 0 saturated carbocycles. The molecule has 0 aromatic heterocycles. The Labute approximate surface area is 157 Å². The van der Waals surface area contributed by atoms with Gasteiger partial charge in [-0.3, -0.25) is 14.4 Å². The van der Waals surface area contributed by atoms with Crippen LogP contribution in [0.1, 0.15) is 40.2 Å². The van der Waals surface area contributed by atoms with Crippen LogP contribution in [0.5, 0.6) is 0 Å². The van der Waals surface area contributed by atoms with Crippen molar-refractivity contribution in [1.29, 1.82) is 0 Å². The number of amides is 1. The molecule has 1 heterocycles. The first-order chi connectivity index (χ1) is 11.4. The fourth-order valence-corrected chi connectivity index (χ4v) is 3.02. The maximum absolute atomic E-state index is 12.9. The van der Waals surface area contributed by atoms with Gasteiger partial charge in [0.1, 0.15) is 11.3 Å². The summed E-state index contributed by atoms with van der Waals surface area (Å²) in [6.45, 7) is 8.68. The van der Waals surface area contributed by atoms with Gasteiger partial charge < -0.3 is 4.74 Å². The summed E-state index contributed by atoms with van der Waals surface area (Å²) in [6.07, 6.45) is 0. The van der Waals surface area contributed by atoms with Gasteiger partial charge in [0, 0.05) is 10.6 Å². The second-order valence-corrected chi connectivity index (χ2v) is 8.15. The highest BCUT2D eigenvalue weighted by atomic mass is 35.5. The average molecular weight is 386 g/mol. The molecule has 0 N–H and O–H groups in total. The van der Waals surface area contributed by atoms with Crippen LogP contribution in [0.15, 0.2) is 24.0 Å². The largest absolute Gasteiger partial charge is 0.427 e. The summed E-state index contributed by atoms with van der Waals surface area (Å²) in [5.41, 5.74) is -1.10. The van der Waals surface area contributed by atoms with E-state index in [1.54, 1.807) is 46.8 Å². The van der Waals surface area contributed by atoms with Crippen molar-refractivity contribution in [3.05, 3.63) is 39.6 Å². The van der Waals surface area contributed by atoms with E-state index in [1.807, 2.05) is 0 Å². The number of ether oxygens (including phenoxy) is 1. The SMILES string of the molecule is CON1C(=O)C(c2ccc(Cl)cc2Cl)=C(OC(=O)C(C)(C)C)C1(C)C. The van der Waals surface area contributed by atoms with Gasteiger partial charge in [-0.25, -0.2) is 5.06 Å². The van der Waals surface area contributed by atoms with Gasteiger partial charge in [-0.15, -0.1) is 0 Å². The quantitative estimate of drug-likeness (QED) is 0.719. The normalized spacial score (nSPS) is 17.3. The number of esters is 1. The molecule has 1 aliphatic rings. The summed E-state index contributed by atoms with van der Waals surface area (Å²) in [7, 11) is 1.38. The number of carbonyl (C=O) groups is 2. The van der Waals surface area contributed by atoms with Crippen molar-refractivity contribution in [3.63, 3.8) is 0 Å².